The molecule has 8 nitrogen and oxygen atoms in total. The number of rotatable bonds is 8. The van der Waals surface area contributed by atoms with Gasteiger partial charge in [0.15, 0.2) is 11.5 Å². The van der Waals surface area contributed by atoms with Gasteiger partial charge in [-0.2, -0.15) is 0 Å². The van der Waals surface area contributed by atoms with Gasteiger partial charge in [0.25, 0.3) is 5.91 Å². The molecule has 0 spiro atoms. The smallest absolute Gasteiger partial charge is 0.338 e. The number of methoxy groups -OCH3 is 1. The monoisotopic (exact) mass is 344 g/mol. The van der Waals surface area contributed by atoms with Crippen LogP contribution < -0.4 is 10.6 Å². The third-order valence-corrected chi connectivity index (χ3v) is 3.16. The van der Waals surface area contributed by atoms with Gasteiger partial charge in [-0.3, -0.25) is 4.79 Å². The zero-order chi connectivity index (χ0) is 18.1. The molecule has 0 saturated carbocycles. The van der Waals surface area contributed by atoms with Crippen molar-refractivity contribution in [3.8, 4) is 0 Å². The molecule has 0 bridgehead atoms. The van der Waals surface area contributed by atoms with Gasteiger partial charge < -0.3 is 20.1 Å². The Morgan fingerprint density at radius 2 is 1.84 bits per heavy atom. The summed E-state index contributed by atoms with van der Waals surface area (Å²) < 4.78 is 9.79. The molecular weight excluding hydrogens is 324 g/mol. The van der Waals surface area contributed by atoms with E-state index >= 15 is 0 Å². The predicted molar refractivity (Wildman–Crippen MR) is 91.9 cm³/mol. The molecule has 1 aromatic heterocycles. The summed E-state index contributed by atoms with van der Waals surface area (Å²) >= 11 is 0. The minimum atomic E-state index is -0.363. The molecule has 2 aromatic rings. The first-order chi connectivity index (χ1) is 12.1. The van der Waals surface area contributed by atoms with Crippen molar-refractivity contribution < 1.29 is 19.1 Å². The van der Waals surface area contributed by atoms with Gasteiger partial charge in [0.1, 0.15) is 0 Å². The van der Waals surface area contributed by atoms with Crippen molar-refractivity contribution in [2.75, 3.05) is 32.2 Å². The zero-order valence-corrected chi connectivity index (χ0v) is 14.1. The Morgan fingerprint density at radius 1 is 1.08 bits per heavy atom. The van der Waals surface area contributed by atoms with E-state index in [-0.39, 0.29) is 17.6 Å². The molecule has 8 heteroatoms. The van der Waals surface area contributed by atoms with E-state index < -0.39 is 0 Å². The molecule has 0 aliphatic heterocycles. The minimum Gasteiger partial charge on any atom is -0.462 e. The molecule has 2 rings (SSSR count). The molecule has 25 heavy (non-hydrogen) atoms. The van der Waals surface area contributed by atoms with E-state index in [0.717, 1.165) is 5.69 Å². The predicted octanol–water partition coefficient (Wildman–Crippen LogP) is 1.77. The number of hydrogen-bond acceptors (Lipinski definition) is 7. The summed E-state index contributed by atoms with van der Waals surface area (Å²) in [6.45, 7) is 2.93. The summed E-state index contributed by atoms with van der Waals surface area (Å²) in [5.74, 6) is -0.190. The Morgan fingerprint density at radius 3 is 2.44 bits per heavy atom. The summed E-state index contributed by atoms with van der Waals surface area (Å²) in [5.41, 5.74) is 1.43. The topological polar surface area (TPSA) is 102 Å². The maximum atomic E-state index is 11.8. The number of hydrogen-bond donors (Lipinski definition) is 2. The quantitative estimate of drug-likeness (QED) is 0.556. The second-order valence-electron chi connectivity index (χ2n) is 4.98. The number of amides is 1. The fourth-order valence-corrected chi connectivity index (χ4v) is 1.93. The molecule has 1 aromatic carbocycles. The van der Waals surface area contributed by atoms with E-state index in [1.165, 1.54) is 0 Å². The van der Waals surface area contributed by atoms with Crippen LogP contribution in [-0.4, -0.2) is 48.9 Å². The minimum absolute atomic E-state index is 0.222. The van der Waals surface area contributed by atoms with Crippen molar-refractivity contribution in [2.24, 2.45) is 0 Å². The van der Waals surface area contributed by atoms with Crippen LogP contribution in [0.2, 0.25) is 0 Å². The number of ether oxygens (including phenoxy) is 2. The van der Waals surface area contributed by atoms with Crippen LogP contribution in [-0.2, 0) is 9.47 Å². The highest BCUT2D eigenvalue weighted by molar-refractivity contribution is 5.92. The van der Waals surface area contributed by atoms with Crippen molar-refractivity contribution in [2.45, 2.75) is 6.92 Å². The number of anilines is 2. The Bertz CT molecular complexity index is 702. The lowest BCUT2D eigenvalue weighted by molar-refractivity contribution is 0.0526. The lowest BCUT2D eigenvalue weighted by Crippen LogP contribution is -2.27. The summed E-state index contributed by atoms with van der Waals surface area (Å²) in [5, 5.41) is 13.6. The first-order valence-corrected chi connectivity index (χ1v) is 7.79. The van der Waals surface area contributed by atoms with Gasteiger partial charge in [-0.15, -0.1) is 10.2 Å². The first-order valence-electron chi connectivity index (χ1n) is 7.79. The van der Waals surface area contributed by atoms with Crippen LogP contribution in [0.1, 0.15) is 27.8 Å². The van der Waals surface area contributed by atoms with Crippen LogP contribution in [0.3, 0.4) is 0 Å². The molecule has 132 valence electrons. The van der Waals surface area contributed by atoms with E-state index in [4.69, 9.17) is 9.47 Å². The van der Waals surface area contributed by atoms with Crippen LogP contribution in [0.5, 0.6) is 0 Å². The van der Waals surface area contributed by atoms with Crippen LogP contribution in [0.15, 0.2) is 36.4 Å². The molecule has 0 aliphatic carbocycles. The molecule has 0 fully saturated rings. The molecule has 0 atom stereocenters. The standard InChI is InChI=1S/C17H20N4O4/c1-3-25-17(23)12-4-6-13(7-5-12)19-15-9-8-14(20-21-15)16(22)18-10-11-24-2/h4-9H,3,10-11H2,1-2H3,(H,18,22)(H,19,21). The van der Waals surface area contributed by atoms with Crippen molar-refractivity contribution in [1.82, 2.24) is 15.5 Å². The highest BCUT2D eigenvalue weighted by Gasteiger charge is 2.08. The zero-order valence-electron chi connectivity index (χ0n) is 14.1. The molecule has 0 unspecified atom stereocenters. The number of esters is 1. The van der Waals surface area contributed by atoms with Crippen LogP contribution in [0.4, 0.5) is 11.5 Å². The number of carbonyl (C=O) groups excluding carboxylic acids is 2. The van der Waals surface area contributed by atoms with E-state index in [9.17, 15) is 9.59 Å². The van der Waals surface area contributed by atoms with Crippen LogP contribution in [0.25, 0.3) is 0 Å². The van der Waals surface area contributed by atoms with E-state index in [2.05, 4.69) is 20.8 Å². The number of aromatic nitrogens is 2. The third kappa shape index (κ3) is 5.54. The Balaban J connectivity index is 1.94. The molecule has 1 heterocycles. The fourth-order valence-electron chi connectivity index (χ4n) is 1.93. The lowest BCUT2D eigenvalue weighted by Gasteiger charge is -2.07. The largest absolute Gasteiger partial charge is 0.462 e. The molecule has 0 radical (unpaired) electrons. The summed E-state index contributed by atoms with van der Waals surface area (Å²) in [4.78, 5) is 23.4. The molecule has 1 amide bonds. The summed E-state index contributed by atoms with van der Waals surface area (Å²) in [7, 11) is 1.56. The number of nitrogens with zero attached hydrogens (tertiary/aromatic N) is 2. The average molecular weight is 344 g/mol. The molecule has 0 aliphatic rings. The lowest BCUT2D eigenvalue weighted by atomic mass is 10.2. The molecular formula is C17H20N4O4. The second-order valence-corrected chi connectivity index (χ2v) is 4.98. The van der Waals surface area contributed by atoms with Gasteiger partial charge in [0.05, 0.1) is 18.8 Å². The number of nitrogens with one attached hydrogen (secondary N) is 2. The maximum absolute atomic E-state index is 11.8. The third-order valence-electron chi connectivity index (χ3n) is 3.16. The molecule has 0 saturated heterocycles. The van der Waals surface area contributed by atoms with Gasteiger partial charge >= 0.3 is 5.97 Å². The van der Waals surface area contributed by atoms with E-state index in [1.54, 1.807) is 50.4 Å². The van der Waals surface area contributed by atoms with Gasteiger partial charge in [-0.25, -0.2) is 4.79 Å². The Labute approximate surface area is 145 Å². The average Bonchev–Trinajstić information content (AvgIpc) is 2.63. The Hall–Kier alpha value is -3.00. The highest BCUT2D eigenvalue weighted by atomic mass is 16.5. The summed E-state index contributed by atoms with van der Waals surface area (Å²) in [6.07, 6.45) is 0. The summed E-state index contributed by atoms with van der Waals surface area (Å²) in [6, 6.07) is 10.0. The van der Waals surface area contributed by atoms with Gasteiger partial charge in [0.2, 0.25) is 0 Å². The van der Waals surface area contributed by atoms with Crippen molar-refractivity contribution >= 4 is 23.4 Å². The number of carbonyl (C=O) groups is 2. The second kappa shape index (κ2) is 9.33. The maximum Gasteiger partial charge on any atom is 0.338 e. The number of benzene rings is 1. The fraction of sp³-hybridized carbons (Fsp3) is 0.294. The van der Waals surface area contributed by atoms with Crippen molar-refractivity contribution in [3.05, 3.63) is 47.7 Å². The SMILES string of the molecule is CCOC(=O)c1ccc(Nc2ccc(C(=O)NCCOC)nn2)cc1. The van der Waals surface area contributed by atoms with Gasteiger partial charge in [0, 0.05) is 19.3 Å². The van der Waals surface area contributed by atoms with E-state index in [1.807, 2.05) is 0 Å². The highest BCUT2D eigenvalue weighted by Crippen LogP contribution is 2.15. The first kappa shape index (κ1) is 18.3. The van der Waals surface area contributed by atoms with E-state index in [0.29, 0.717) is 31.1 Å². The van der Waals surface area contributed by atoms with Gasteiger partial charge in [-0.05, 0) is 43.3 Å². The Kier molecular flexibility index (Phi) is 6.85. The van der Waals surface area contributed by atoms with Crippen molar-refractivity contribution in [1.29, 1.82) is 0 Å². The van der Waals surface area contributed by atoms with Crippen molar-refractivity contribution in [3.63, 3.8) is 0 Å². The van der Waals surface area contributed by atoms with Gasteiger partial charge in [-0.1, -0.05) is 0 Å². The van der Waals surface area contributed by atoms with Crippen LogP contribution in [0, 0.1) is 0 Å². The molecule has 2 N–H and O–H groups in total. The van der Waals surface area contributed by atoms with Crippen LogP contribution >= 0.6 is 0 Å². The normalized spacial score (nSPS) is 10.2.